The summed E-state index contributed by atoms with van der Waals surface area (Å²) in [6.07, 6.45) is 1.43. The number of rotatable bonds is 3. The summed E-state index contributed by atoms with van der Waals surface area (Å²) in [7, 11) is 1.65. The van der Waals surface area contributed by atoms with E-state index in [4.69, 9.17) is 10.5 Å². The van der Waals surface area contributed by atoms with E-state index in [1.165, 1.54) is 10.9 Å². The van der Waals surface area contributed by atoms with E-state index in [0.29, 0.717) is 5.69 Å². The number of carbonyl (C=O) groups excluding carboxylic acids is 1. The average Bonchev–Trinajstić information content (AvgIpc) is 2.67. The number of ether oxygens (including phenoxy) is 1. The van der Waals surface area contributed by atoms with E-state index in [9.17, 15) is 4.79 Å². The van der Waals surface area contributed by atoms with Gasteiger partial charge in [-0.25, -0.2) is 4.79 Å². The first kappa shape index (κ1) is 11.2. The summed E-state index contributed by atoms with van der Waals surface area (Å²) in [5, 5.41) is 3.88. The van der Waals surface area contributed by atoms with E-state index < -0.39 is 5.97 Å². The lowest BCUT2D eigenvalue weighted by Gasteiger charge is -2.05. The molecule has 0 unspecified atom stereocenters. The van der Waals surface area contributed by atoms with Gasteiger partial charge in [0.05, 0.1) is 11.9 Å². The number of benzene rings is 1. The number of anilines is 1. The Labute approximate surface area is 98.8 Å². The highest BCUT2D eigenvalue weighted by molar-refractivity contribution is 5.92. The zero-order valence-electron chi connectivity index (χ0n) is 9.46. The van der Waals surface area contributed by atoms with E-state index in [2.05, 4.69) is 5.10 Å². The van der Waals surface area contributed by atoms with Gasteiger partial charge < -0.3 is 10.5 Å². The molecule has 0 spiro atoms. The van der Waals surface area contributed by atoms with Crippen molar-refractivity contribution in [1.29, 1.82) is 0 Å². The predicted molar refractivity (Wildman–Crippen MR) is 63.2 cm³/mol. The fraction of sp³-hybridized carbons (Fsp3) is 0.167. The number of hydrogen-bond donors (Lipinski definition) is 1. The van der Waals surface area contributed by atoms with Gasteiger partial charge in [-0.3, -0.25) is 4.68 Å². The molecule has 2 N–H and O–H groups in total. The monoisotopic (exact) mass is 231 g/mol. The lowest BCUT2D eigenvalue weighted by molar-refractivity contribution is 0.0461. The molecule has 0 aliphatic heterocycles. The topological polar surface area (TPSA) is 70.1 Å². The van der Waals surface area contributed by atoms with Gasteiger partial charge >= 0.3 is 5.97 Å². The van der Waals surface area contributed by atoms with Crippen molar-refractivity contribution in [2.75, 3.05) is 5.73 Å². The maximum Gasteiger partial charge on any atom is 0.359 e. The number of nitrogens with zero attached hydrogens (tertiary/aromatic N) is 2. The molecule has 0 amide bonds. The number of aryl methyl sites for hydroxylation is 1. The molecule has 2 aromatic rings. The third-order valence-corrected chi connectivity index (χ3v) is 2.37. The first-order valence-corrected chi connectivity index (χ1v) is 5.17. The van der Waals surface area contributed by atoms with Gasteiger partial charge in [0, 0.05) is 7.05 Å². The van der Waals surface area contributed by atoms with Crippen molar-refractivity contribution >= 4 is 11.7 Å². The molecule has 0 atom stereocenters. The van der Waals surface area contributed by atoms with E-state index in [0.717, 1.165) is 5.56 Å². The van der Waals surface area contributed by atoms with Crippen molar-refractivity contribution in [3.05, 3.63) is 47.8 Å². The van der Waals surface area contributed by atoms with Crippen molar-refractivity contribution in [3.63, 3.8) is 0 Å². The smallest absolute Gasteiger partial charge is 0.359 e. The maximum absolute atomic E-state index is 11.8. The molecule has 2 rings (SSSR count). The molecular weight excluding hydrogens is 218 g/mol. The minimum Gasteiger partial charge on any atom is -0.456 e. The highest BCUT2D eigenvalue weighted by Gasteiger charge is 2.16. The molecule has 0 radical (unpaired) electrons. The third kappa shape index (κ3) is 2.44. The first-order valence-electron chi connectivity index (χ1n) is 5.17. The van der Waals surface area contributed by atoms with Crippen LogP contribution < -0.4 is 5.73 Å². The highest BCUT2D eigenvalue weighted by atomic mass is 16.5. The summed E-state index contributed by atoms with van der Waals surface area (Å²) in [5.41, 5.74) is 7.16. The van der Waals surface area contributed by atoms with Gasteiger partial charge in [0.1, 0.15) is 6.61 Å². The SMILES string of the molecule is Cn1ncc(N)c1C(=O)OCc1ccccc1. The molecule has 17 heavy (non-hydrogen) atoms. The van der Waals surface area contributed by atoms with Crippen LogP contribution in [0.3, 0.4) is 0 Å². The van der Waals surface area contributed by atoms with Gasteiger partial charge in [-0.1, -0.05) is 30.3 Å². The van der Waals surface area contributed by atoms with Crippen LogP contribution in [0.25, 0.3) is 0 Å². The number of nitrogens with two attached hydrogens (primary N) is 1. The average molecular weight is 231 g/mol. The second-order valence-corrected chi connectivity index (χ2v) is 3.63. The van der Waals surface area contributed by atoms with Crippen molar-refractivity contribution in [1.82, 2.24) is 9.78 Å². The lowest BCUT2D eigenvalue weighted by atomic mass is 10.2. The molecular formula is C12H13N3O2. The Morgan fingerprint density at radius 3 is 2.71 bits per heavy atom. The summed E-state index contributed by atoms with van der Waals surface area (Å²) >= 11 is 0. The molecule has 5 nitrogen and oxygen atoms in total. The van der Waals surface area contributed by atoms with E-state index in [-0.39, 0.29) is 12.3 Å². The van der Waals surface area contributed by atoms with Crippen LogP contribution in [0.5, 0.6) is 0 Å². The molecule has 0 fully saturated rings. The van der Waals surface area contributed by atoms with Gasteiger partial charge in [0.2, 0.25) is 0 Å². The number of nitrogen functional groups attached to an aromatic ring is 1. The van der Waals surface area contributed by atoms with Crippen LogP contribution >= 0.6 is 0 Å². The first-order chi connectivity index (χ1) is 8.18. The van der Waals surface area contributed by atoms with Crippen LogP contribution in [0, 0.1) is 0 Å². The summed E-state index contributed by atoms with van der Waals surface area (Å²) in [6, 6.07) is 9.47. The lowest BCUT2D eigenvalue weighted by Crippen LogP contribution is -2.12. The molecule has 88 valence electrons. The van der Waals surface area contributed by atoms with Crippen LogP contribution in [0.1, 0.15) is 16.1 Å². The zero-order valence-corrected chi connectivity index (χ0v) is 9.46. The molecule has 0 saturated carbocycles. The van der Waals surface area contributed by atoms with Crippen LogP contribution in [-0.4, -0.2) is 15.7 Å². The van der Waals surface area contributed by atoms with Gasteiger partial charge in [-0.2, -0.15) is 5.10 Å². The van der Waals surface area contributed by atoms with Crippen LogP contribution in [0.2, 0.25) is 0 Å². The minimum absolute atomic E-state index is 0.226. The number of aromatic nitrogens is 2. The van der Waals surface area contributed by atoms with E-state index in [1.54, 1.807) is 7.05 Å². The Bertz CT molecular complexity index is 500. The van der Waals surface area contributed by atoms with E-state index >= 15 is 0 Å². The van der Waals surface area contributed by atoms with Gasteiger partial charge in [-0.05, 0) is 5.56 Å². The van der Waals surface area contributed by atoms with Crippen LogP contribution in [-0.2, 0) is 18.4 Å². The molecule has 0 aliphatic carbocycles. The Morgan fingerprint density at radius 2 is 2.12 bits per heavy atom. The maximum atomic E-state index is 11.8. The normalized spacial score (nSPS) is 10.2. The molecule has 1 aromatic carbocycles. The van der Waals surface area contributed by atoms with Gasteiger partial charge in [0.25, 0.3) is 0 Å². The summed E-state index contributed by atoms with van der Waals surface area (Å²) in [5.74, 6) is -0.466. The number of hydrogen-bond acceptors (Lipinski definition) is 4. The number of esters is 1. The summed E-state index contributed by atoms with van der Waals surface area (Å²) in [6.45, 7) is 0.226. The van der Waals surface area contributed by atoms with Crippen LogP contribution in [0.15, 0.2) is 36.5 Å². The Kier molecular flexibility index (Phi) is 3.09. The molecule has 0 aliphatic rings. The molecule has 1 aromatic heterocycles. The second-order valence-electron chi connectivity index (χ2n) is 3.63. The van der Waals surface area contributed by atoms with Gasteiger partial charge in [0.15, 0.2) is 5.69 Å². The second kappa shape index (κ2) is 4.69. The van der Waals surface area contributed by atoms with Crippen molar-refractivity contribution in [2.45, 2.75) is 6.61 Å². The van der Waals surface area contributed by atoms with Crippen molar-refractivity contribution in [3.8, 4) is 0 Å². The predicted octanol–water partition coefficient (Wildman–Crippen LogP) is 1.36. The molecule has 0 saturated heterocycles. The summed E-state index contributed by atoms with van der Waals surface area (Å²) < 4.78 is 6.56. The van der Waals surface area contributed by atoms with Crippen molar-refractivity contribution in [2.24, 2.45) is 7.05 Å². The Balaban J connectivity index is 2.04. The van der Waals surface area contributed by atoms with E-state index in [1.807, 2.05) is 30.3 Å². The third-order valence-electron chi connectivity index (χ3n) is 2.37. The largest absolute Gasteiger partial charge is 0.456 e. The van der Waals surface area contributed by atoms with Crippen molar-refractivity contribution < 1.29 is 9.53 Å². The standard InChI is InChI=1S/C12H13N3O2/c1-15-11(10(13)7-14-15)12(16)17-8-9-5-3-2-4-6-9/h2-7H,8,13H2,1H3. The van der Waals surface area contributed by atoms with Gasteiger partial charge in [-0.15, -0.1) is 0 Å². The zero-order chi connectivity index (χ0) is 12.3. The quantitative estimate of drug-likeness (QED) is 0.810. The fourth-order valence-corrected chi connectivity index (χ4v) is 1.50. The minimum atomic E-state index is -0.466. The fourth-order valence-electron chi connectivity index (χ4n) is 1.50. The highest BCUT2D eigenvalue weighted by Crippen LogP contribution is 2.12. The molecule has 5 heteroatoms. The molecule has 1 heterocycles. The molecule has 0 bridgehead atoms. The number of carbonyl (C=O) groups is 1. The Morgan fingerprint density at radius 1 is 1.41 bits per heavy atom. The summed E-state index contributed by atoms with van der Waals surface area (Å²) in [4.78, 5) is 11.8. The Hall–Kier alpha value is -2.30. The van der Waals surface area contributed by atoms with Crippen LogP contribution in [0.4, 0.5) is 5.69 Å².